The van der Waals surface area contributed by atoms with Gasteiger partial charge in [0.05, 0.1) is 12.2 Å². The predicted molar refractivity (Wildman–Crippen MR) is 100 cm³/mol. The van der Waals surface area contributed by atoms with Gasteiger partial charge in [0.25, 0.3) is 0 Å². The highest BCUT2D eigenvalue weighted by Crippen LogP contribution is 2.42. The van der Waals surface area contributed by atoms with Gasteiger partial charge in [-0.2, -0.15) is 0 Å². The molecule has 1 aromatic heterocycles. The third-order valence-electron chi connectivity index (χ3n) is 4.47. The van der Waals surface area contributed by atoms with Gasteiger partial charge in [-0.15, -0.1) is 0 Å². The minimum Gasteiger partial charge on any atom is -0.447 e. The van der Waals surface area contributed by atoms with E-state index in [-0.39, 0.29) is 6.09 Å². The highest BCUT2D eigenvalue weighted by Gasteiger charge is 2.30. The molecule has 4 nitrogen and oxygen atoms in total. The number of aromatic nitrogens is 1. The summed E-state index contributed by atoms with van der Waals surface area (Å²) in [5.41, 5.74) is 4.92. The highest BCUT2D eigenvalue weighted by atomic mass is 35.5. The van der Waals surface area contributed by atoms with E-state index in [1.54, 1.807) is 4.90 Å². The Hall–Kier alpha value is -2.72. The number of nitrogens with one attached hydrogen (secondary N) is 1. The summed E-state index contributed by atoms with van der Waals surface area (Å²) in [6, 6.07) is 17.7. The third kappa shape index (κ3) is 2.68. The molecule has 0 saturated carbocycles. The van der Waals surface area contributed by atoms with Gasteiger partial charge < -0.3 is 9.72 Å². The van der Waals surface area contributed by atoms with Crippen LogP contribution in [0.3, 0.4) is 0 Å². The molecule has 0 bridgehead atoms. The molecule has 0 unspecified atom stereocenters. The number of amides is 1. The lowest BCUT2D eigenvalue weighted by Crippen LogP contribution is -2.24. The summed E-state index contributed by atoms with van der Waals surface area (Å²) in [6.07, 6.45) is -0.339. The molecule has 1 aliphatic rings. The normalized spacial score (nSPS) is 14.0. The monoisotopic (exact) mass is 352 g/mol. The fourth-order valence-corrected chi connectivity index (χ4v) is 3.49. The number of cyclic esters (lactones) is 1. The van der Waals surface area contributed by atoms with Crippen molar-refractivity contribution in [3.8, 4) is 22.4 Å². The van der Waals surface area contributed by atoms with Gasteiger partial charge in [-0.3, -0.25) is 4.90 Å². The van der Waals surface area contributed by atoms with Crippen molar-refractivity contribution in [1.82, 2.24) is 4.98 Å². The van der Waals surface area contributed by atoms with Crippen molar-refractivity contribution in [3.05, 3.63) is 65.2 Å². The molecule has 1 fully saturated rings. The second-order valence-corrected chi connectivity index (χ2v) is 6.37. The Bertz CT molecular complexity index is 934. The molecule has 2 aromatic carbocycles. The first-order valence-corrected chi connectivity index (χ1v) is 8.52. The summed E-state index contributed by atoms with van der Waals surface area (Å²) in [5, 5.41) is 0.651. The molecule has 1 aliphatic heterocycles. The van der Waals surface area contributed by atoms with Crippen LogP contribution in [0.15, 0.2) is 54.6 Å². The molecule has 25 heavy (non-hydrogen) atoms. The van der Waals surface area contributed by atoms with Crippen LogP contribution in [0.25, 0.3) is 22.4 Å². The fraction of sp³-hybridized carbons (Fsp3) is 0.150. The van der Waals surface area contributed by atoms with Crippen molar-refractivity contribution in [2.45, 2.75) is 6.92 Å². The number of anilines is 1. The standard InChI is InChI=1S/C20H17ClN2O2/c1-13-17(15-9-5-6-10-16(15)21)19(23-11-12-25-20(23)24)22-18(13)14-7-3-2-4-8-14/h2-10,22H,11-12H2,1H3. The number of carbonyl (C=O) groups is 1. The SMILES string of the molecule is Cc1c(-c2ccccc2)[nH]c(N2CCOC2=O)c1-c1ccccc1Cl. The van der Waals surface area contributed by atoms with Crippen molar-refractivity contribution in [2.75, 3.05) is 18.1 Å². The van der Waals surface area contributed by atoms with Gasteiger partial charge in [0, 0.05) is 16.1 Å². The van der Waals surface area contributed by atoms with Crippen molar-refractivity contribution in [3.63, 3.8) is 0 Å². The van der Waals surface area contributed by atoms with Gasteiger partial charge in [0.1, 0.15) is 12.4 Å². The zero-order valence-corrected chi connectivity index (χ0v) is 14.5. The van der Waals surface area contributed by atoms with E-state index in [1.807, 2.05) is 61.5 Å². The van der Waals surface area contributed by atoms with E-state index < -0.39 is 0 Å². The lowest BCUT2D eigenvalue weighted by molar-refractivity contribution is 0.181. The summed E-state index contributed by atoms with van der Waals surface area (Å²) >= 11 is 6.45. The van der Waals surface area contributed by atoms with Crippen molar-refractivity contribution in [2.24, 2.45) is 0 Å². The molecular formula is C20H17ClN2O2. The average molecular weight is 353 g/mol. The van der Waals surface area contributed by atoms with Crippen molar-refractivity contribution in [1.29, 1.82) is 0 Å². The fourth-order valence-electron chi connectivity index (χ4n) is 3.26. The number of benzene rings is 2. The minimum atomic E-state index is -0.339. The maximum Gasteiger partial charge on any atom is 0.415 e. The number of rotatable bonds is 3. The minimum absolute atomic E-state index is 0.339. The molecule has 1 amide bonds. The lowest BCUT2D eigenvalue weighted by atomic mass is 10.00. The van der Waals surface area contributed by atoms with Crippen LogP contribution in [0.2, 0.25) is 5.02 Å². The maximum atomic E-state index is 12.2. The molecule has 0 radical (unpaired) electrons. The molecular weight excluding hydrogens is 336 g/mol. The van der Waals surface area contributed by atoms with Crippen LogP contribution >= 0.6 is 11.6 Å². The van der Waals surface area contributed by atoms with Crippen molar-refractivity contribution >= 4 is 23.5 Å². The Morgan fingerprint density at radius 1 is 1.08 bits per heavy atom. The van der Waals surface area contributed by atoms with Crippen LogP contribution in [-0.2, 0) is 4.74 Å². The van der Waals surface area contributed by atoms with Crippen LogP contribution < -0.4 is 4.90 Å². The Morgan fingerprint density at radius 2 is 1.80 bits per heavy atom. The summed E-state index contributed by atoms with van der Waals surface area (Å²) in [6.45, 7) is 2.95. The van der Waals surface area contributed by atoms with E-state index in [0.717, 1.165) is 33.8 Å². The number of hydrogen-bond donors (Lipinski definition) is 1. The summed E-state index contributed by atoms with van der Waals surface area (Å²) < 4.78 is 5.13. The van der Waals surface area contributed by atoms with E-state index in [1.165, 1.54) is 0 Å². The van der Waals surface area contributed by atoms with E-state index in [2.05, 4.69) is 4.98 Å². The maximum absolute atomic E-state index is 12.2. The molecule has 3 aromatic rings. The number of hydrogen-bond acceptors (Lipinski definition) is 2. The first-order chi connectivity index (χ1) is 12.2. The van der Waals surface area contributed by atoms with E-state index in [0.29, 0.717) is 18.2 Å². The van der Waals surface area contributed by atoms with Gasteiger partial charge in [0.15, 0.2) is 0 Å². The van der Waals surface area contributed by atoms with Crippen LogP contribution in [0.1, 0.15) is 5.56 Å². The molecule has 1 saturated heterocycles. The highest BCUT2D eigenvalue weighted by molar-refractivity contribution is 6.33. The zero-order valence-electron chi connectivity index (χ0n) is 13.8. The van der Waals surface area contributed by atoms with Gasteiger partial charge in [-0.05, 0) is 24.1 Å². The van der Waals surface area contributed by atoms with Gasteiger partial charge in [-0.25, -0.2) is 4.79 Å². The predicted octanol–water partition coefficient (Wildman–Crippen LogP) is 5.27. The van der Waals surface area contributed by atoms with Crippen LogP contribution in [-0.4, -0.2) is 24.2 Å². The van der Waals surface area contributed by atoms with Crippen LogP contribution in [0, 0.1) is 6.92 Å². The Labute approximate surface area is 151 Å². The van der Waals surface area contributed by atoms with Crippen LogP contribution in [0.5, 0.6) is 0 Å². The summed E-state index contributed by atoms with van der Waals surface area (Å²) in [4.78, 5) is 17.2. The average Bonchev–Trinajstić information content (AvgIpc) is 3.19. The molecule has 0 aliphatic carbocycles. The molecule has 2 heterocycles. The van der Waals surface area contributed by atoms with E-state index in [4.69, 9.17) is 16.3 Å². The third-order valence-corrected chi connectivity index (χ3v) is 4.80. The zero-order chi connectivity index (χ0) is 17.4. The van der Waals surface area contributed by atoms with Crippen molar-refractivity contribution < 1.29 is 9.53 Å². The first-order valence-electron chi connectivity index (χ1n) is 8.14. The molecule has 0 spiro atoms. The smallest absolute Gasteiger partial charge is 0.415 e. The molecule has 4 rings (SSSR count). The van der Waals surface area contributed by atoms with Gasteiger partial charge >= 0.3 is 6.09 Å². The van der Waals surface area contributed by atoms with E-state index in [9.17, 15) is 4.79 Å². The van der Waals surface area contributed by atoms with Crippen LogP contribution in [0.4, 0.5) is 10.6 Å². The second kappa shape index (κ2) is 6.30. The number of carbonyl (C=O) groups excluding carboxylic acids is 1. The van der Waals surface area contributed by atoms with Gasteiger partial charge in [0.2, 0.25) is 0 Å². The number of aromatic amines is 1. The first kappa shape index (κ1) is 15.8. The summed E-state index contributed by atoms with van der Waals surface area (Å²) in [7, 11) is 0. The quantitative estimate of drug-likeness (QED) is 0.698. The van der Waals surface area contributed by atoms with Gasteiger partial charge in [-0.1, -0.05) is 60.1 Å². The Kier molecular flexibility index (Phi) is 3.98. The number of H-pyrrole nitrogens is 1. The molecule has 0 atom stereocenters. The molecule has 126 valence electrons. The van der Waals surface area contributed by atoms with E-state index >= 15 is 0 Å². The lowest BCUT2D eigenvalue weighted by Gasteiger charge is -2.14. The summed E-state index contributed by atoms with van der Waals surface area (Å²) in [5.74, 6) is 0.729. The largest absolute Gasteiger partial charge is 0.447 e. The Morgan fingerprint density at radius 3 is 2.48 bits per heavy atom. The Balaban J connectivity index is 1.96. The second-order valence-electron chi connectivity index (χ2n) is 5.96. The topological polar surface area (TPSA) is 45.3 Å². The number of halogens is 1. The molecule has 1 N–H and O–H groups in total. The number of ether oxygens (including phenoxy) is 1. The molecule has 5 heteroatoms. The number of nitrogens with zero attached hydrogens (tertiary/aromatic N) is 1.